The maximum absolute atomic E-state index is 15.1. The molecule has 0 radical (unpaired) electrons. The van der Waals surface area contributed by atoms with Gasteiger partial charge in [-0.25, -0.2) is 18.7 Å². The minimum Gasteiger partial charge on any atom is -0.530 e. The summed E-state index contributed by atoms with van der Waals surface area (Å²) in [7, 11) is 1.36. The van der Waals surface area contributed by atoms with Crippen molar-refractivity contribution in [3.63, 3.8) is 0 Å². The van der Waals surface area contributed by atoms with Gasteiger partial charge in [0, 0.05) is 24.4 Å². The molecule has 0 aliphatic rings. The van der Waals surface area contributed by atoms with Gasteiger partial charge >= 0.3 is 6.18 Å². The first kappa shape index (κ1) is 31.2. The largest absolute Gasteiger partial charge is 0.530 e. The maximum atomic E-state index is 15.1. The second-order valence-corrected chi connectivity index (χ2v) is 9.53. The van der Waals surface area contributed by atoms with Crippen molar-refractivity contribution in [2.45, 2.75) is 18.8 Å². The number of amides is 2. The Morgan fingerprint density at radius 2 is 1.84 bits per heavy atom. The van der Waals surface area contributed by atoms with E-state index in [0.717, 1.165) is 35.2 Å². The summed E-state index contributed by atoms with van der Waals surface area (Å²) in [5.41, 5.74) is 3.68. The van der Waals surface area contributed by atoms with Crippen LogP contribution >= 0.6 is 15.9 Å². The Hall–Kier alpha value is -4.73. The zero-order valence-corrected chi connectivity index (χ0v) is 23.4. The fourth-order valence-electron chi connectivity index (χ4n) is 3.90. The average molecular weight is 670 g/mol. The van der Waals surface area contributed by atoms with E-state index in [0.29, 0.717) is 11.6 Å². The van der Waals surface area contributed by atoms with Gasteiger partial charge in [0.25, 0.3) is 5.91 Å². The van der Waals surface area contributed by atoms with Gasteiger partial charge in [-0.1, -0.05) is 12.1 Å². The smallest absolute Gasteiger partial charge is 0.416 e. The highest BCUT2D eigenvalue weighted by Gasteiger charge is 2.31. The number of carbonyl (C=O) groups excluding carboxylic acids is 2. The van der Waals surface area contributed by atoms with Crippen molar-refractivity contribution in [3.8, 4) is 22.9 Å². The van der Waals surface area contributed by atoms with E-state index in [9.17, 15) is 32.3 Å². The number of alkyl halides is 3. The molecule has 2 aromatic carbocycles. The second-order valence-electron chi connectivity index (χ2n) is 8.81. The van der Waals surface area contributed by atoms with Gasteiger partial charge in [0.15, 0.2) is 22.3 Å². The van der Waals surface area contributed by atoms with E-state index in [4.69, 9.17) is 19.6 Å². The van der Waals surface area contributed by atoms with Crippen LogP contribution in [0.1, 0.15) is 33.5 Å². The van der Waals surface area contributed by atoms with Crippen molar-refractivity contribution in [2.75, 3.05) is 13.7 Å². The number of aromatic nitrogens is 2. The second kappa shape index (κ2) is 12.6. The first-order valence-electron chi connectivity index (χ1n) is 12.0. The molecule has 0 aliphatic heterocycles. The third-order valence-corrected chi connectivity index (χ3v) is 6.50. The summed E-state index contributed by atoms with van der Waals surface area (Å²) in [6.07, 6.45) is -6.46. The molecule has 0 bridgehead atoms. The number of nitrogens with zero attached hydrogens (tertiary/aromatic N) is 3. The van der Waals surface area contributed by atoms with Crippen molar-refractivity contribution in [1.29, 1.82) is 0 Å². The zero-order valence-electron chi connectivity index (χ0n) is 21.8. The fraction of sp³-hybridized carbons (Fsp3) is 0.185. The number of carbonyl (C=O) groups is 2. The van der Waals surface area contributed by atoms with E-state index < -0.39 is 59.3 Å². The van der Waals surface area contributed by atoms with Gasteiger partial charge in [0.05, 0.1) is 19.2 Å². The lowest BCUT2D eigenvalue weighted by Crippen LogP contribution is -2.43. The van der Waals surface area contributed by atoms with E-state index in [1.807, 2.05) is 0 Å². The molecule has 0 spiro atoms. The number of primary amides is 1. The standard InChI is InChI=1S/C27H20BrF5N4O6/c1-41-19-10-13(8-9-35-19)11-37(26(39)40)12-18(42-17-7-6-16(29)20(21(17)30)24(34)38)25-36-22(23(28)43-25)14-2-4-15(5-3-14)27(31,32)33/h2-10,18H,11-12H2,1H3,(H2,34,38)(H,39,40)/p-1. The number of pyridine rings is 1. The normalized spacial score (nSPS) is 12.1. The van der Waals surface area contributed by atoms with Crippen molar-refractivity contribution in [3.05, 3.63) is 93.6 Å². The number of methoxy groups -OCH3 is 1. The van der Waals surface area contributed by atoms with Crippen LogP contribution in [0.4, 0.5) is 26.7 Å². The van der Waals surface area contributed by atoms with Crippen molar-refractivity contribution < 1.29 is 50.5 Å². The predicted molar refractivity (Wildman–Crippen MR) is 139 cm³/mol. The van der Waals surface area contributed by atoms with Gasteiger partial charge in [0.2, 0.25) is 11.8 Å². The Morgan fingerprint density at radius 3 is 2.44 bits per heavy atom. The summed E-state index contributed by atoms with van der Waals surface area (Å²) in [4.78, 5) is 32.7. The van der Waals surface area contributed by atoms with E-state index >= 15 is 4.39 Å². The molecule has 226 valence electrons. The molecule has 0 fully saturated rings. The molecule has 10 nitrogen and oxygen atoms in total. The number of benzene rings is 2. The third kappa shape index (κ3) is 7.20. The Balaban J connectivity index is 1.74. The Kier molecular flexibility index (Phi) is 9.18. The topological polar surface area (TPSA) is 144 Å². The van der Waals surface area contributed by atoms with Gasteiger partial charge in [-0.2, -0.15) is 13.2 Å². The van der Waals surface area contributed by atoms with Crippen LogP contribution < -0.4 is 20.3 Å². The van der Waals surface area contributed by atoms with Crippen molar-refractivity contribution >= 4 is 27.9 Å². The monoisotopic (exact) mass is 669 g/mol. The first-order chi connectivity index (χ1) is 20.3. The third-order valence-electron chi connectivity index (χ3n) is 5.96. The quantitative estimate of drug-likeness (QED) is 0.236. The van der Waals surface area contributed by atoms with Crippen molar-refractivity contribution in [1.82, 2.24) is 14.9 Å². The van der Waals surface area contributed by atoms with Crippen LogP contribution in [-0.4, -0.2) is 40.5 Å². The highest BCUT2D eigenvalue weighted by atomic mass is 79.9. The molecule has 16 heteroatoms. The lowest BCUT2D eigenvalue weighted by Gasteiger charge is -2.29. The summed E-state index contributed by atoms with van der Waals surface area (Å²) >= 11 is 3.13. The SMILES string of the molecule is COc1cc(CN(CC(Oc2ccc(F)c(C(N)=O)c2F)c2nc(-c3ccc(C(F)(F)F)cc3)c(Br)o2)C(=O)[O-])ccn1. The van der Waals surface area contributed by atoms with Crippen LogP contribution in [0, 0.1) is 11.6 Å². The van der Waals surface area contributed by atoms with Gasteiger partial charge in [-0.15, -0.1) is 0 Å². The highest BCUT2D eigenvalue weighted by Crippen LogP contribution is 2.36. The number of hydrogen-bond donors (Lipinski definition) is 1. The maximum Gasteiger partial charge on any atom is 0.416 e. The molecule has 4 aromatic rings. The Labute approximate surface area is 248 Å². The molecule has 43 heavy (non-hydrogen) atoms. The van der Waals surface area contributed by atoms with Crippen LogP contribution in [0.2, 0.25) is 0 Å². The molecule has 0 aliphatic carbocycles. The number of ether oxygens (including phenoxy) is 2. The molecule has 2 amide bonds. The zero-order chi connectivity index (χ0) is 31.5. The molecular formula is C27H19BrF5N4O6-. The highest BCUT2D eigenvalue weighted by molar-refractivity contribution is 9.10. The Bertz CT molecular complexity index is 1650. The van der Waals surface area contributed by atoms with Crippen molar-refractivity contribution in [2.24, 2.45) is 5.73 Å². The van der Waals surface area contributed by atoms with E-state index in [-0.39, 0.29) is 34.2 Å². The summed E-state index contributed by atoms with van der Waals surface area (Å²) < 4.78 is 84.5. The molecule has 0 saturated heterocycles. The first-order valence-corrected chi connectivity index (χ1v) is 12.8. The summed E-state index contributed by atoms with van der Waals surface area (Å²) in [5.74, 6) is -5.03. The minimum absolute atomic E-state index is 0.00796. The molecule has 1 atom stereocenters. The summed E-state index contributed by atoms with van der Waals surface area (Å²) in [6.45, 7) is -0.914. The predicted octanol–water partition coefficient (Wildman–Crippen LogP) is 4.87. The summed E-state index contributed by atoms with van der Waals surface area (Å²) in [6, 6.07) is 8.42. The number of halogens is 6. The number of nitrogens with two attached hydrogens (primary N) is 1. The Morgan fingerprint density at radius 1 is 1.14 bits per heavy atom. The molecule has 2 heterocycles. The lowest BCUT2D eigenvalue weighted by molar-refractivity contribution is -0.267. The number of rotatable bonds is 10. The van der Waals surface area contributed by atoms with E-state index in [2.05, 4.69) is 25.9 Å². The molecular weight excluding hydrogens is 651 g/mol. The van der Waals surface area contributed by atoms with Gasteiger partial charge in [-0.3, -0.25) is 4.79 Å². The molecule has 2 aromatic heterocycles. The minimum atomic E-state index is -4.58. The van der Waals surface area contributed by atoms with E-state index in [1.165, 1.54) is 25.4 Å². The van der Waals surface area contributed by atoms with Crippen LogP contribution in [0.25, 0.3) is 11.3 Å². The van der Waals surface area contributed by atoms with Crippen LogP contribution in [0.15, 0.2) is 63.8 Å². The molecule has 0 saturated carbocycles. The van der Waals surface area contributed by atoms with Gasteiger partial charge < -0.3 is 34.4 Å². The van der Waals surface area contributed by atoms with E-state index in [1.54, 1.807) is 0 Å². The summed E-state index contributed by atoms with van der Waals surface area (Å²) in [5, 5.41) is 12.1. The average Bonchev–Trinajstić information content (AvgIpc) is 3.34. The number of oxazole rings is 1. The van der Waals surface area contributed by atoms with Crippen LogP contribution in [0.5, 0.6) is 11.6 Å². The van der Waals surface area contributed by atoms with Crippen LogP contribution in [0.3, 0.4) is 0 Å². The van der Waals surface area contributed by atoms with Gasteiger partial charge in [-0.05, 0) is 51.8 Å². The van der Waals surface area contributed by atoms with Crippen LogP contribution in [-0.2, 0) is 12.7 Å². The molecule has 2 N–H and O–H groups in total. The molecule has 1 unspecified atom stereocenters. The number of hydrogen-bond acceptors (Lipinski definition) is 8. The number of carboxylic acid groups (broad SMARTS) is 1. The fourth-order valence-corrected chi connectivity index (χ4v) is 4.39. The molecule has 4 rings (SSSR count). The van der Waals surface area contributed by atoms with Gasteiger partial charge in [0.1, 0.15) is 23.2 Å². The lowest BCUT2D eigenvalue weighted by atomic mass is 10.1.